The van der Waals surface area contributed by atoms with Crippen LogP contribution >= 0.6 is 11.6 Å². The molecule has 0 radical (unpaired) electrons. The Balaban J connectivity index is 2.27. The number of carbonyl (C=O) groups is 1. The average Bonchev–Trinajstić information content (AvgIpc) is 2.56. The summed E-state index contributed by atoms with van der Waals surface area (Å²) in [5, 5.41) is 14.3. The van der Waals surface area contributed by atoms with E-state index >= 15 is 0 Å². The summed E-state index contributed by atoms with van der Waals surface area (Å²) in [6, 6.07) is 5.41. The van der Waals surface area contributed by atoms with Crippen LogP contribution < -0.4 is 0 Å². The van der Waals surface area contributed by atoms with Crippen molar-refractivity contribution in [3.05, 3.63) is 29.4 Å². The molecule has 4 nitrogen and oxygen atoms in total. The Labute approximate surface area is 91.1 Å². The molecule has 1 N–H and O–H groups in total. The summed E-state index contributed by atoms with van der Waals surface area (Å²) in [4.78, 5) is 10.4. The third-order valence-electron chi connectivity index (χ3n) is 2.07. The number of carboxylic acid groups (broad SMARTS) is 1. The number of aryl methyl sites for hydroxylation is 1. The summed E-state index contributed by atoms with van der Waals surface area (Å²) in [5.74, 6) is -0.826. The third kappa shape index (κ3) is 2.27. The van der Waals surface area contributed by atoms with Gasteiger partial charge in [0.15, 0.2) is 0 Å². The van der Waals surface area contributed by atoms with E-state index in [2.05, 4.69) is 5.10 Å². The molecular weight excluding hydrogens is 216 g/mol. The maximum atomic E-state index is 10.4. The minimum Gasteiger partial charge on any atom is -0.481 e. The first kappa shape index (κ1) is 9.98. The maximum Gasteiger partial charge on any atom is 0.305 e. The van der Waals surface area contributed by atoms with E-state index < -0.39 is 5.97 Å². The molecule has 0 bridgehead atoms. The van der Waals surface area contributed by atoms with Gasteiger partial charge < -0.3 is 5.11 Å². The predicted molar refractivity (Wildman–Crippen MR) is 57.0 cm³/mol. The van der Waals surface area contributed by atoms with Gasteiger partial charge in [-0.2, -0.15) is 5.10 Å². The van der Waals surface area contributed by atoms with Gasteiger partial charge in [0.05, 0.1) is 18.5 Å². The lowest BCUT2D eigenvalue weighted by molar-refractivity contribution is -0.137. The van der Waals surface area contributed by atoms with Crippen LogP contribution in [-0.4, -0.2) is 20.9 Å². The Morgan fingerprint density at radius 1 is 1.53 bits per heavy atom. The van der Waals surface area contributed by atoms with Gasteiger partial charge in [-0.1, -0.05) is 11.6 Å². The van der Waals surface area contributed by atoms with E-state index in [1.165, 1.54) is 0 Å². The maximum absolute atomic E-state index is 10.4. The number of aliphatic carboxylic acids is 1. The molecule has 2 rings (SSSR count). The molecule has 1 aromatic carbocycles. The van der Waals surface area contributed by atoms with Crippen molar-refractivity contribution in [2.24, 2.45) is 0 Å². The first-order valence-corrected chi connectivity index (χ1v) is 4.87. The van der Waals surface area contributed by atoms with Gasteiger partial charge in [-0.3, -0.25) is 9.48 Å². The molecule has 5 heteroatoms. The Bertz CT molecular complexity index is 507. The Kier molecular flexibility index (Phi) is 2.60. The molecule has 0 aliphatic rings. The number of fused-ring (bicyclic) bond motifs is 1. The number of hydrogen-bond acceptors (Lipinski definition) is 2. The van der Waals surface area contributed by atoms with Crippen LogP contribution in [0.4, 0.5) is 0 Å². The molecule has 0 aliphatic carbocycles. The summed E-state index contributed by atoms with van der Waals surface area (Å²) in [7, 11) is 0. The molecule has 1 heterocycles. The summed E-state index contributed by atoms with van der Waals surface area (Å²) < 4.78 is 1.62. The van der Waals surface area contributed by atoms with Crippen LogP contribution in [0.2, 0.25) is 5.02 Å². The van der Waals surface area contributed by atoms with Crippen molar-refractivity contribution in [1.29, 1.82) is 0 Å². The molecular formula is C10H9ClN2O2. The lowest BCUT2D eigenvalue weighted by Gasteiger charge is -1.95. The van der Waals surface area contributed by atoms with Gasteiger partial charge in [0.25, 0.3) is 0 Å². The number of hydrogen-bond donors (Lipinski definition) is 1. The van der Waals surface area contributed by atoms with Crippen molar-refractivity contribution in [3.63, 3.8) is 0 Å². The van der Waals surface area contributed by atoms with Crippen molar-refractivity contribution in [2.45, 2.75) is 13.0 Å². The standard InChI is InChI=1S/C10H9ClN2O2/c11-8-2-1-7-6-13(4-3-10(14)15)12-9(7)5-8/h1-2,5-6H,3-4H2,(H,14,15). The molecule has 0 fully saturated rings. The van der Waals surface area contributed by atoms with Gasteiger partial charge >= 0.3 is 5.97 Å². The molecule has 0 aliphatic heterocycles. The van der Waals surface area contributed by atoms with Crippen LogP contribution in [0, 0.1) is 0 Å². The van der Waals surface area contributed by atoms with E-state index in [4.69, 9.17) is 16.7 Å². The highest BCUT2D eigenvalue weighted by Crippen LogP contribution is 2.17. The molecule has 0 amide bonds. The van der Waals surface area contributed by atoms with E-state index in [1.54, 1.807) is 16.8 Å². The van der Waals surface area contributed by atoms with Gasteiger partial charge in [0.2, 0.25) is 0 Å². The minimum atomic E-state index is -0.826. The molecule has 0 atom stereocenters. The lowest BCUT2D eigenvalue weighted by atomic mass is 10.3. The molecule has 15 heavy (non-hydrogen) atoms. The second-order valence-corrected chi connectivity index (χ2v) is 3.68. The summed E-state index contributed by atoms with van der Waals surface area (Å²) in [5.41, 5.74) is 0.785. The molecule has 0 unspecified atom stereocenters. The molecule has 0 saturated carbocycles. The molecule has 1 aromatic heterocycles. The summed E-state index contributed by atoms with van der Waals surface area (Å²) in [6.45, 7) is 0.377. The van der Waals surface area contributed by atoms with Crippen molar-refractivity contribution in [1.82, 2.24) is 9.78 Å². The number of rotatable bonds is 3. The fourth-order valence-corrected chi connectivity index (χ4v) is 1.53. The Hall–Kier alpha value is -1.55. The smallest absolute Gasteiger partial charge is 0.305 e. The second kappa shape index (κ2) is 3.90. The van der Waals surface area contributed by atoms with Crippen molar-refractivity contribution >= 4 is 28.5 Å². The summed E-state index contributed by atoms with van der Waals surface area (Å²) in [6.07, 6.45) is 1.89. The zero-order valence-electron chi connectivity index (χ0n) is 7.85. The Morgan fingerprint density at radius 2 is 2.33 bits per heavy atom. The zero-order chi connectivity index (χ0) is 10.8. The van der Waals surface area contributed by atoms with E-state index in [1.807, 2.05) is 12.3 Å². The highest BCUT2D eigenvalue weighted by Gasteiger charge is 2.03. The fourth-order valence-electron chi connectivity index (χ4n) is 1.37. The first-order chi connectivity index (χ1) is 7.15. The summed E-state index contributed by atoms with van der Waals surface area (Å²) >= 11 is 5.81. The van der Waals surface area contributed by atoms with E-state index in [0.29, 0.717) is 11.6 Å². The lowest BCUT2D eigenvalue weighted by Crippen LogP contribution is -2.04. The quantitative estimate of drug-likeness (QED) is 0.869. The SMILES string of the molecule is O=C(O)CCn1cc2ccc(Cl)cc2n1. The monoisotopic (exact) mass is 224 g/mol. The van der Waals surface area contributed by atoms with Crippen molar-refractivity contribution < 1.29 is 9.90 Å². The second-order valence-electron chi connectivity index (χ2n) is 3.24. The van der Waals surface area contributed by atoms with Gasteiger partial charge in [-0.15, -0.1) is 0 Å². The van der Waals surface area contributed by atoms with Crippen LogP contribution in [0.3, 0.4) is 0 Å². The number of nitrogens with zero attached hydrogens (tertiary/aromatic N) is 2. The predicted octanol–water partition coefficient (Wildman–Crippen LogP) is 2.16. The number of halogens is 1. The van der Waals surface area contributed by atoms with Crippen LogP contribution in [0.25, 0.3) is 10.9 Å². The molecule has 78 valence electrons. The Morgan fingerprint density at radius 3 is 3.07 bits per heavy atom. The van der Waals surface area contributed by atoms with Gasteiger partial charge in [-0.05, 0) is 18.2 Å². The fraction of sp³-hybridized carbons (Fsp3) is 0.200. The van der Waals surface area contributed by atoms with Crippen molar-refractivity contribution in [3.8, 4) is 0 Å². The highest BCUT2D eigenvalue weighted by atomic mass is 35.5. The van der Waals surface area contributed by atoms with Crippen LogP contribution in [0.1, 0.15) is 6.42 Å². The third-order valence-corrected chi connectivity index (χ3v) is 2.31. The normalized spacial score (nSPS) is 10.7. The molecule has 0 spiro atoms. The minimum absolute atomic E-state index is 0.0712. The van der Waals surface area contributed by atoms with E-state index in [-0.39, 0.29) is 6.42 Å². The number of aromatic nitrogens is 2. The number of carboxylic acids is 1. The van der Waals surface area contributed by atoms with Crippen LogP contribution in [0.5, 0.6) is 0 Å². The van der Waals surface area contributed by atoms with Crippen molar-refractivity contribution in [2.75, 3.05) is 0 Å². The van der Waals surface area contributed by atoms with E-state index in [0.717, 1.165) is 10.9 Å². The van der Waals surface area contributed by atoms with Crippen LogP contribution in [-0.2, 0) is 11.3 Å². The highest BCUT2D eigenvalue weighted by molar-refractivity contribution is 6.31. The van der Waals surface area contributed by atoms with E-state index in [9.17, 15) is 4.79 Å². The first-order valence-electron chi connectivity index (χ1n) is 4.50. The van der Waals surface area contributed by atoms with Gasteiger partial charge in [-0.25, -0.2) is 0 Å². The zero-order valence-corrected chi connectivity index (χ0v) is 8.61. The van der Waals surface area contributed by atoms with Gasteiger partial charge in [0, 0.05) is 16.6 Å². The van der Waals surface area contributed by atoms with Crippen LogP contribution in [0.15, 0.2) is 24.4 Å². The number of benzene rings is 1. The van der Waals surface area contributed by atoms with Gasteiger partial charge in [0.1, 0.15) is 0 Å². The largest absolute Gasteiger partial charge is 0.481 e. The molecule has 0 saturated heterocycles. The topological polar surface area (TPSA) is 55.1 Å². The molecule has 2 aromatic rings. The average molecular weight is 225 g/mol.